The highest BCUT2D eigenvalue weighted by atomic mass is 79.9. The van der Waals surface area contributed by atoms with Gasteiger partial charge in [-0.3, -0.25) is 14.9 Å². The van der Waals surface area contributed by atoms with Crippen molar-refractivity contribution < 1.29 is 14.5 Å². The summed E-state index contributed by atoms with van der Waals surface area (Å²) in [5.74, 6) is -0.214. The van der Waals surface area contributed by atoms with E-state index in [0.717, 1.165) is 0 Å². The minimum Gasteiger partial charge on any atom is -0.378 e. The predicted molar refractivity (Wildman–Crippen MR) is 67.5 cm³/mol. The highest BCUT2D eigenvalue weighted by molar-refractivity contribution is 9.10. The second-order valence-corrected chi connectivity index (χ2v) is 4.59. The predicted octanol–water partition coefficient (Wildman–Crippen LogP) is 1.83. The van der Waals surface area contributed by atoms with Gasteiger partial charge in [0.15, 0.2) is 0 Å². The first-order valence-corrected chi connectivity index (χ1v) is 6.20. The summed E-state index contributed by atoms with van der Waals surface area (Å²) < 4.78 is 5.39. The molecule has 2 rings (SSSR count). The number of morpholine rings is 1. The lowest BCUT2D eigenvalue weighted by Gasteiger charge is -2.27. The number of ether oxygens (including phenoxy) is 1. The summed E-state index contributed by atoms with van der Waals surface area (Å²) in [6, 6.07) is 4.45. The number of benzene rings is 1. The molecule has 96 valence electrons. The monoisotopic (exact) mass is 314 g/mol. The van der Waals surface area contributed by atoms with Crippen LogP contribution in [0.1, 0.15) is 10.4 Å². The molecule has 7 heteroatoms. The normalized spacial score (nSPS) is 15.5. The Bertz CT molecular complexity index is 486. The highest BCUT2D eigenvalue weighted by Crippen LogP contribution is 2.29. The standard InChI is InChI=1S/C11H11BrN2O4/c12-10-8(2-1-3-9(10)14(16)17)11(15)13-4-6-18-7-5-13/h1-3H,4-7H2. The van der Waals surface area contributed by atoms with Crippen molar-refractivity contribution in [2.24, 2.45) is 0 Å². The van der Waals surface area contributed by atoms with Crippen molar-refractivity contribution in [1.29, 1.82) is 0 Å². The molecular formula is C11H11BrN2O4. The van der Waals surface area contributed by atoms with E-state index in [1.165, 1.54) is 12.1 Å². The van der Waals surface area contributed by atoms with Gasteiger partial charge in [0.1, 0.15) is 4.47 Å². The van der Waals surface area contributed by atoms with Gasteiger partial charge in [-0.15, -0.1) is 0 Å². The maximum atomic E-state index is 12.2. The number of nitro benzene ring substituents is 1. The van der Waals surface area contributed by atoms with Gasteiger partial charge in [0.05, 0.1) is 23.7 Å². The maximum Gasteiger partial charge on any atom is 0.284 e. The number of halogens is 1. The first-order chi connectivity index (χ1) is 8.61. The van der Waals surface area contributed by atoms with E-state index in [1.54, 1.807) is 11.0 Å². The molecule has 0 bridgehead atoms. The molecule has 1 fully saturated rings. The van der Waals surface area contributed by atoms with Gasteiger partial charge < -0.3 is 9.64 Å². The molecule has 0 atom stereocenters. The van der Waals surface area contributed by atoms with Crippen LogP contribution in [-0.2, 0) is 4.74 Å². The minimum atomic E-state index is -0.514. The Kier molecular flexibility index (Phi) is 3.93. The fraction of sp³-hybridized carbons (Fsp3) is 0.364. The molecule has 0 radical (unpaired) electrons. The molecule has 0 aliphatic carbocycles. The summed E-state index contributed by atoms with van der Waals surface area (Å²) in [4.78, 5) is 24.1. The Balaban J connectivity index is 2.30. The molecule has 1 aromatic carbocycles. The van der Waals surface area contributed by atoms with Crippen LogP contribution in [0, 0.1) is 10.1 Å². The first kappa shape index (κ1) is 13.0. The van der Waals surface area contributed by atoms with Crippen LogP contribution in [0.15, 0.2) is 22.7 Å². The summed E-state index contributed by atoms with van der Waals surface area (Å²) in [6.07, 6.45) is 0. The molecule has 1 saturated heterocycles. The molecule has 1 aliphatic rings. The van der Waals surface area contributed by atoms with Crippen LogP contribution < -0.4 is 0 Å². The summed E-state index contributed by atoms with van der Waals surface area (Å²) in [5.41, 5.74) is 0.209. The van der Waals surface area contributed by atoms with Gasteiger partial charge in [-0.05, 0) is 22.0 Å². The number of nitro groups is 1. The van der Waals surface area contributed by atoms with E-state index >= 15 is 0 Å². The van der Waals surface area contributed by atoms with Crippen molar-refractivity contribution >= 4 is 27.5 Å². The Morgan fingerprint density at radius 2 is 2.06 bits per heavy atom. The lowest BCUT2D eigenvalue weighted by Crippen LogP contribution is -2.40. The molecule has 1 amide bonds. The number of amides is 1. The van der Waals surface area contributed by atoms with Crippen LogP contribution in [0.2, 0.25) is 0 Å². The maximum absolute atomic E-state index is 12.2. The van der Waals surface area contributed by atoms with E-state index in [-0.39, 0.29) is 16.1 Å². The molecule has 1 aliphatic heterocycles. The average molecular weight is 315 g/mol. The zero-order chi connectivity index (χ0) is 13.1. The fourth-order valence-corrected chi connectivity index (χ4v) is 2.34. The van der Waals surface area contributed by atoms with Gasteiger partial charge in [-0.1, -0.05) is 6.07 Å². The van der Waals surface area contributed by atoms with Crippen LogP contribution in [0.25, 0.3) is 0 Å². The number of rotatable bonds is 2. The number of nitrogens with zero attached hydrogens (tertiary/aromatic N) is 2. The fourth-order valence-electron chi connectivity index (χ4n) is 1.76. The van der Waals surface area contributed by atoms with Crippen molar-refractivity contribution in [3.63, 3.8) is 0 Å². The van der Waals surface area contributed by atoms with Crippen LogP contribution in [0.3, 0.4) is 0 Å². The first-order valence-electron chi connectivity index (χ1n) is 5.41. The molecular weight excluding hydrogens is 304 g/mol. The van der Waals surface area contributed by atoms with Crippen LogP contribution in [0.5, 0.6) is 0 Å². The summed E-state index contributed by atoms with van der Waals surface area (Å²) in [6.45, 7) is 2.01. The van der Waals surface area contributed by atoms with Crippen molar-refractivity contribution in [2.45, 2.75) is 0 Å². The molecule has 18 heavy (non-hydrogen) atoms. The van der Waals surface area contributed by atoms with E-state index < -0.39 is 4.92 Å². The van der Waals surface area contributed by atoms with E-state index in [2.05, 4.69) is 15.9 Å². The molecule has 1 heterocycles. The van der Waals surface area contributed by atoms with Gasteiger partial charge >= 0.3 is 0 Å². The topological polar surface area (TPSA) is 72.7 Å². The molecule has 0 N–H and O–H groups in total. The van der Waals surface area contributed by atoms with Crippen molar-refractivity contribution in [1.82, 2.24) is 4.90 Å². The number of hydrogen-bond donors (Lipinski definition) is 0. The van der Waals surface area contributed by atoms with Gasteiger partial charge in [0.2, 0.25) is 0 Å². The van der Waals surface area contributed by atoms with Crippen molar-refractivity contribution in [3.05, 3.63) is 38.3 Å². The second-order valence-electron chi connectivity index (χ2n) is 3.80. The molecule has 0 aromatic heterocycles. The van der Waals surface area contributed by atoms with Crippen LogP contribution in [-0.4, -0.2) is 42.0 Å². The number of hydrogen-bond acceptors (Lipinski definition) is 4. The van der Waals surface area contributed by atoms with Crippen LogP contribution >= 0.6 is 15.9 Å². The van der Waals surface area contributed by atoms with Gasteiger partial charge in [-0.2, -0.15) is 0 Å². The summed E-state index contributed by atoms with van der Waals surface area (Å²) in [5, 5.41) is 10.8. The zero-order valence-corrected chi connectivity index (χ0v) is 11.1. The smallest absolute Gasteiger partial charge is 0.284 e. The lowest BCUT2D eigenvalue weighted by atomic mass is 10.1. The largest absolute Gasteiger partial charge is 0.378 e. The minimum absolute atomic E-state index is 0.103. The molecule has 1 aromatic rings. The quantitative estimate of drug-likeness (QED) is 0.616. The van der Waals surface area contributed by atoms with Gasteiger partial charge in [-0.25, -0.2) is 0 Å². The third kappa shape index (κ3) is 2.51. The number of carbonyl (C=O) groups is 1. The summed E-state index contributed by atoms with van der Waals surface area (Å²) >= 11 is 3.13. The third-order valence-electron chi connectivity index (χ3n) is 2.70. The van der Waals surface area contributed by atoms with E-state index in [0.29, 0.717) is 31.9 Å². The second kappa shape index (κ2) is 5.45. The molecule has 6 nitrogen and oxygen atoms in total. The Labute approximate surface area is 112 Å². The van der Waals surface area contributed by atoms with Crippen molar-refractivity contribution in [2.75, 3.05) is 26.3 Å². The Morgan fingerprint density at radius 1 is 1.39 bits per heavy atom. The SMILES string of the molecule is O=C(c1cccc([N+](=O)[O-])c1Br)N1CCOCC1. The van der Waals surface area contributed by atoms with Crippen molar-refractivity contribution in [3.8, 4) is 0 Å². The third-order valence-corrected chi connectivity index (χ3v) is 3.54. The average Bonchev–Trinajstić information content (AvgIpc) is 2.39. The zero-order valence-electron chi connectivity index (χ0n) is 9.47. The molecule has 0 saturated carbocycles. The molecule has 0 spiro atoms. The van der Waals surface area contributed by atoms with E-state index in [1.807, 2.05) is 0 Å². The van der Waals surface area contributed by atoms with Gasteiger partial charge in [0.25, 0.3) is 11.6 Å². The Morgan fingerprint density at radius 3 is 2.67 bits per heavy atom. The highest BCUT2D eigenvalue weighted by Gasteiger charge is 2.24. The van der Waals surface area contributed by atoms with E-state index in [4.69, 9.17) is 4.74 Å². The van der Waals surface area contributed by atoms with E-state index in [9.17, 15) is 14.9 Å². The van der Waals surface area contributed by atoms with Crippen LogP contribution in [0.4, 0.5) is 5.69 Å². The summed E-state index contributed by atoms with van der Waals surface area (Å²) in [7, 11) is 0. The molecule has 0 unspecified atom stereocenters. The van der Waals surface area contributed by atoms with Gasteiger partial charge in [0, 0.05) is 19.2 Å². The Hall–Kier alpha value is -1.47. The lowest BCUT2D eigenvalue weighted by molar-refractivity contribution is -0.385. The number of carbonyl (C=O) groups excluding carboxylic acids is 1.